The van der Waals surface area contributed by atoms with Gasteiger partial charge in [0, 0.05) is 22.6 Å². The average molecular weight is 557 g/mol. The molecule has 0 radical (unpaired) electrons. The average Bonchev–Trinajstić information content (AvgIpc) is 3.08. The standard InChI is InChI=1S/C38H28N4O/c39-28-31-27-36(22-21-30(31)29-40-42(34-15-7-2-8-16-34)35-17-9-3-10-18-35)41(32-13-5-1-6-14-32)33-23-25-38(26-24-33)43-37-19-11-4-12-20-37/h1-27,29H/b40-29+. The van der Waals surface area contributed by atoms with Gasteiger partial charge >= 0.3 is 0 Å². The van der Waals surface area contributed by atoms with Gasteiger partial charge in [-0.1, -0.05) is 72.8 Å². The molecule has 6 rings (SSSR count). The molecule has 0 saturated heterocycles. The number of para-hydroxylation sites is 4. The third-order valence-corrected chi connectivity index (χ3v) is 6.82. The molecule has 5 nitrogen and oxygen atoms in total. The summed E-state index contributed by atoms with van der Waals surface area (Å²) in [4.78, 5) is 2.12. The lowest BCUT2D eigenvalue weighted by molar-refractivity contribution is 0.483. The summed E-state index contributed by atoms with van der Waals surface area (Å²) in [5.74, 6) is 1.53. The van der Waals surface area contributed by atoms with Crippen LogP contribution in [0.5, 0.6) is 11.5 Å². The van der Waals surface area contributed by atoms with E-state index in [1.165, 1.54) is 0 Å². The van der Waals surface area contributed by atoms with Gasteiger partial charge in [-0.3, -0.25) is 0 Å². The van der Waals surface area contributed by atoms with Crippen molar-refractivity contribution in [1.82, 2.24) is 0 Å². The topological polar surface area (TPSA) is 51.9 Å². The van der Waals surface area contributed by atoms with E-state index in [0.29, 0.717) is 5.56 Å². The zero-order valence-corrected chi connectivity index (χ0v) is 23.4. The van der Waals surface area contributed by atoms with Crippen molar-refractivity contribution in [3.05, 3.63) is 175 Å². The Morgan fingerprint density at radius 1 is 0.512 bits per heavy atom. The molecule has 0 bridgehead atoms. The molecule has 6 aromatic rings. The molecule has 0 aromatic heterocycles. The largest absolute Gasteiger partial charge is 0.457 e. The Balaban J connectivity index is 1.33. The number of ether oxygens (including phenoxy) is 1. The number of nitriles is 1. The third-order valence-electron chi connectivity index (χ3n) is 6.82. The van der Waals surface area contributed by atoms with Crippen LogP contribution in [0.2, 0.25) is 0 Å². The zero-order chi connectivity index (χ0) is 29.3. The Bertz CT molecular complexity index is 1790. The van der Waals surface area contributed by atoms with Gasteiger partial charge in [0.05, 0.1) is 29.2 Å². The molecular formula is C38H28N4O. The molecule has 0 N–H and O–H groups in total. The highest BCUT2D eigenvalue weighted by atomic mass is 16.5. The number of hydrazone groups is 1. The second-order valence-electron chi connectivity index (χ2n) is 9.69. The van der Waals surface area contributed by atoms with Crippen molar-refractivity contribution in [2.75, 3.05) is 9.91 Å². The summed E-state index contributed by atoms with van der Waals surface area (Å²) < 4.78 is 6.01. The summed E-state index contributed by atoms with van der Waals surface area (Å²) in [6, 6.07) is 55.9. The first-order chi connectivity index (χ1) is 21.3. The SMILES string of the molecule is N#Cc1cc(N(c2ccccc2)c2ccc(Oc3ccccc3)cc2)ccc1/C=N/N(c1ccccc1)c1ccccc1. The number of rotatable bonds is 9. The predicted molar refractivity (Wildman–Crippen MR) is 175 cm³/mol. The second-order valence-corrected chi connectivity index (χ2v) is 9.69. The molecule has 43 heavy (non-hydrogen) atoms. The highest BCUT2D eigenvalue weighted by Gasteiger charge is 2.15. The number of benzene rings is 6. The molecule has 0 fully saturated rings. The van der Waals surface area contributed by atoms with Crippen LogP contribution in [0.25, 0.3) is 0 Å². The van der Waals surface area contributed by atoms with Gasteiger partial charge in [-0.15, -0.1) is 0 Å². The van der Waals surface area contributed by atoms with E-state index in [4.69, 9.17) is 9.84 Å². The Morgan fingerprint density at radius 3 is 1.53 bits per heavy atom. The van der Waals surface area contributed by atoms with Gasteiger partial charge in [-0.25, -0.2) is 5.01 Å². The minimum atomic E-state index is 0.521. The Hall–Kier alpha value is -6.12. The van der Waals surface area contributed by atoms with E-state index in [9.17, 15) is 5.26 Å². The highest BCUT2D eigenvalue weighted by Crippen LogP contribution is 2.36. The van der Waals surface area contributed by atoms with E-state index in [-0.39, 0.29) is 0 Å². The van der Waals surface area contributed by atoms with Crippen molar-refractivity contribution < 1.29 is 4.74 Å². The van der Waals surface area contributed by atoms with Crippen molar-refractivity contribution >= 4 is 34.7 Å². The van der Waals surface area contributed by atoms with Crippen LogP contribution >= 0.6 is 0 Å². The fraction of sp³-hybridized carbons (Fsp3) is 0. The normalized spacial score (nSPS) is 10.7. The van der Waals surface area contributed by atoms with Crippen molar-refractivity contribution in [2.45, 2.75) is 0 Å². The Morgan fingerprint density at radius 2 is 0.977 bits per heavy atom. The minimum Gasteiger partial charge on any atom is -0.457 e. The molecule has 0 heterocycles. The van der Waals surface area contributed by atoms with Crippen LogP contribution in [-0.2, 0) is 0 Å². The molecule has 0 spiro atoms. The van der Waals surface area contributed by atoms with Gasteiger partial charge < -0.3 is 9.64 Å². The van der Waals surface area contributed by atoms with Gasteiger partial charge in [0.2, 0.25) is 0 Å². The maximum atomic E-state index is 10.2. The van der Waals surface area contributed by atoms with Gasteiger partial charge in [-0.2, -0.15) is 10.4 Å². The molecule has 0 saturated carbocycles. The summed E-state index contributed by atoms with van der Waals surface area (Å²) in [6.45, 7) is 0. The van der Waals surface area contributed by atoms with Crippen molar-refractivity contribution in [3.8, 4) is 17.6 Å². The number of nitrogens with zero attached hydrogens (tertiary/aromatic N) is 4. The van der Waals surface area contributed by atoms with E-state index in [1.807, 2.05) is 169 Å². The molecule has 0 amide bonds. The first-order valence-electron chi connectivity index (χ1n) is 13.9. The summed E-state index contributed by atoms with van der Waals surface area (Å²) in [5.41, 5.74) is 5.87. The number of hydrogen-bond donors (Lipinski definition) is 0. The van der Waals surface area contributed by atoms with Crippen LogP contribution in [0.4, 0.5) is 28.4 Å². The lowest BCUT2D eigenvalue weighted by atomic mass is 10.1. The molecule has 6 aromatic carbocycles. The van der Waals surface area contributed by atoms with Gasteiger partial charge in [0.1, 0.15) is 11.5 Å². The summed E-state index contributed by atoms with van der Waals surface area (Å²) in [7, 11) is 0. The summed E-state index contributed by atoms with van der Waals surface area (Å²) in [6.07, 6.45) is 1.74. The highest BCUT2D eigenvalue weighted by molar-refractivity contribution is 5.87. The van der Waals surface area contributed by atoms with Crippen molar-refractivity contribution in [2.24, 2.45) is 5.10 Å². The van der Waals surface area contributed by atoms with Gasteiger partial charge in [0.25, 0.3) is 0 Å². The predicted octanol–water partition coefficient (Wildman–Crippen LogP) is 9.99. The third kappa shape index (κ3) is 6.45. The first-order valence-corrected chi connectivity index (χ1v) is 13.9. The molecular weight excluding hydrogens is 528 g/mol. The Kier molecular flexibility index (Phi) is 8.20. The summed E-state index contributed by atoms with van der Waals surface area (Å²) >= 11 is 0. The second kappa shape index (κ2) is 13.0. The van der Waals surface area contributed by atoms with Crippen LogP contribution in [0.15, 0.2) is 169 Å². The lowest BCUT2D eigenvalue weighted by Gasteiger charge is -2.26. The van der Waals surface area contributed by atoms with E-state index in [2.05, 4.69) is 11.0 Å². The molecule has 0 aliphatic heterocycles. The van der Waals surface area contributed by atoms with Crippen LogP contribution in [0, 0.1) is 11.3 Å². The molecule has 5 heteroatoms. The molecule has 0 aliphatic carbocycles. The fourth-order valence-electron chi connectivity index (χ4n) is 4.75. The van der Waals surface area contributed by atoms with E-state index in [1.54, 1.807) is 6.21 Å². The number of hydrogen-bond acceptors (Lipinski definition) is 5. The van der Waals surface area contributed by atoms with Crippen LogP contribution in [-0.4, -0.2) is 6.21 Å². The Labute approximate surface area is 251 Å². The minimum absolute atomic E-state index is 0.521. The van der Waals surface area contributed by atoms with Crippen LogP contribution < -0.4 is 14.6 Å². The van der Waals surface area contributed by atoms with Gasteiger partial charge in [-0.05, 0) is 91.0 Å². The number of anilines is 5. The van der Waals surface area contributed by atoms with E-state index in [0.717, 1.165) is 45.5 Å². The maximum absolute atomic E-state index is 10.2. The van der Waals surface area contributed by atoms with E-state index < -0.39 is 0 Å². The quantitative estimate of drug-likeness (QED) is 0.131. The van der Waals surface area contributed by atoms with Crippen LogP contribution in [0.3, 0.4) is 0 Å². The zero-order valence-electron chi connectivity index (χ0n) is 23.4. The lowest BCUT2D eigenvalue weighted by Crippen LogP contribution is -2.11. The fourth-order valence-corrected chi connectivity index (χ4v) is 4.75. The molecule has 0 aliphatic rings. The van der Waals surface area contributed by atoms with E-state index >= 15 is 0 Å². The summed E-state index contributed by atoms with van der Waals surface area (Å²) in [5, 5.41) is 16.9. The van der Waals surface area contributed by atoms with Crippen molar-refractivity contribution in [3.63, 3.8) is 0 Å². The maximum Gasteiger partial charge on any atom is 0.127 e. The van der Waals surface area contributed by atoms with Gasteiger partial charge in [0.15, 0.2) is 0 Å². The first kappa shape index (κ1) is 27.1. The smallest absolute Gasteiger partial charge is 0.127 e. The van der Waals surface area contributed by atoms with Crippen LogP contribution in [0.1, 0.15) is 11.1 Å². The monoisotopic (exact) mass is 556 g/mol. The van der Waals surface area contributed by atoms with Crippen molar-refractivity contribution in [1.29, 1.82) is 5.26 Å². The molecule has 0 unspecified atom stereocenters. The molecule has 0 atom stereocenters. The molecule has 206 valence electrons.